The molecule has 0 amide bonds. The molecule has 1 atom stereocenters. The molecule has 0 spiro atoms. The molecule has 0 bridgehead atoms. The monoisotopic (exact) mass is 241 g/mol. The van der Waals surface area contributed by atoms with Gasteiger partial charge in [0.2, 0.25) is 0 Å². The third-order valence-corrected chi connectivity index (χ3v) is 4.06. The van der Waals surface area contributed by atoms with Crippen LogP contribution in [0.15, 0.2) is 0 Å². The summed E-state index contributed by atoms with van der Waals surface area (Å²) < 4.78 is 5.70. The molecule has 0 aromatic rings. The molecule has 0 aromatic heterocycles. The minimum Gasteiger partial charge on any atom is -0.377 e. The fourth-order valence-electron chi connectivity index (χ4n) is 2.65. The zero-order chi connectivity index (χ0) is 12.7. The largest absolute Gasteiger partial charge is 0.377 e. The summed E-state index contributed by atoms with van der Waals surface area (Å²) in [4.78, 5) is 13.7. The van der Waals surface area contributed by atoms with Crippen molar-refractivity contribution in [3.05, 3.63) is 0 Å². The molecule has 0 aromatic carbocycles. The van der Waals surface area contributed by atoms with Crippen LogP contribution in [0, 0.1) is 5.41 Å². The van der Waals surface area contributed by atoms with Crippen molar-refractivity contribution in [2.45, 2.75) is 52.6 Å². The molecule has 1 saturated heterocycles. The maximum absolute atomic E-state index is 11.3. The van der Waals surface area contributed by atoms with Crippen LogP contribution in [0.25, 0.3) is 0 Å². The molecular weight excluding hydrogens is 214 g/mol. The van der Waals surface area contributed by atoms with Gasteiger partial charge in [-0.05, 0) is 39.2 Å². The first kappa shape index (κ1) is 14.7. The zero-order valence-electron chi connectivity index (χ0n) is 11.6. The normalized spacial score (nSPS) is 22.6. The Labute approximate surface area is 106 Å². The van der Waals surface area contributed by atoms with Gasteiger partial charge >= 0.3 is 0 Å². The van der Waals surface area contributed by atoms with E-state index >= 15 is 0 Å². The van der Waals surface area contributed by atoms with Gasteiger partial charge in [0.15, 0.2) is 0 Å². The Balaban J connectivity index is 2.51. The number of hydrogen-bond donors (Lipinski definition) is 0. The van der Waals surface area contributed by atoms with E-state index in [9.17, 15) is 4.79 Å². The van der Waals surface area contributed by atoms with Crippen molar-refractivity contribution in [2.24, 2.45) is 5.41 Å². The lowest BCUT2D eigenvalue weighted by Gasteiger charge is -2.38. The first-order valence-corrected chi connectivity index (χ1v) is 7.00. The number of hydrogen-bond acceptors (Lipinski definition) is 3. The molecule has 3 nitrogen and oxygen atoms in total. The Kier molecular flexibility index (Phi) is 6.14. The Morgan fingerprint density at radius 2 is 2.06 bits per heavy atom. The molecule has 1 unspecified atom stereocenters. The summed E-state index contributed by atoms with van der Waals surface area (Å²) in [5, 5.41) is 0. The van der Waals surface area contributed by atoms with Gasteiger partial charge in [-0.25, -0.2) is 0 Å². The molecule has 0 radical (unpaired) electrons. The second kappa shape index (κ2) is 7.12. The third kappa shape index (κ3) is 4.07. The van der Waals surface area contributed by atoms with E-state index in [4.69, 9.17) is 4.74 Å². The van der Waals surface area contributed by atoms with Crippen molar-refractivity contribution in [1.82, 2.24) is 4.90 Å². The Hall–Kier alpha value is -0.410. The quantitative estimate of drug-likeness (QED) is 0.641. The lowest BCUT2D eigenvalue weighted by molar-refractivity contribution is -0.118. The van der Waals surface area contributed by atoms with Crippen LogP contribution in [0.3, 0.4) is 0 Å². The molecule has 1 rings (SSSR count). The second-order valence-electron chi connectivity index (χ2n) is 5.14. The third-order valence-electron chi connectivity index (χ3n) is 4.06. The van der Waals surface area contributed by atoms with Crippen LogP contribution in [-0.2, 0) is 9.53 Å². The highest BCUT2D eigenvalue weighted by molar-refractivity contribution is 5.59. The van der Waals surface area contributed by atoms with Gasteiger partial charge in [-0.15, -0.1) is 0 Å². The average Bonchev–Trinajstić information content (AvgIpc) is 2.37. The number of carbonyl (C=O) groups excluding carboxylic acids is 1. The number of nitrogens with zero attached hydrogens (tertiary/aromatic N) is 1. The van der Waals surface area contributed by atoms with E-state index in [-0.39, 0.29) is 5.41 Å². The van der Waals surface area contributed by atoms with E-state index in [0.29, 0.717) is 6.10 Å². The van der Waals surface area contributed by atoms with Crippen molar-refractivity contribution in [1.29, 1.82) is 0 Å². The van der Waals surface area contributed by atoms with E-state index < -0.39 is 0 Å². The molecular formula is C14H27NO2. The van der Waals surface area contributed by atoms with Crippen molar-refractivity contribution < 1.29 is 9.53 Å². The minimum absolute atomic E-state index is 0.145. The van der Waals surface area contributed by atoms with Crippen molar-refractivity contribution in [3.63, 3.8) is 0 Å². The number of carbonyl (C=O) groups is 1. The SMILES string of the molecule is CCOC1CCCN(CC(C=O)(CC)CC)C1. The number of rotatable bonds is 7. The average molecular weight is 241 g/mol. The molecule has 0 saturated carbocycles. The molecule has 1 fully saturated rings. The van der Waals surface area contributed by atoms with Gasteiger partial charge in [0, 0.05) is 25.1 Å². The minimum atomic E-state index is -0.145. The van der Waals surface area contributed by atoms with Gasteiger partial charge in [-0.1, -0.05) is 13.8 Å². The van der Waals surface area contributed by atoms with Crippen LogP contribution in [0.4, 0.5) is 0 Å². The van der Waals surface area contributed by atoms with Crippen LogP contribution < -0.4 is 0 Å². The van der Waals surface area contributed by atoms with E-state index in [0.717, 1.165) is 51.8 Å². The van der Waals surface area contributed by atoms with Crippen LogP contribution in [0.2, 0.25) is 0 Å². The molecule has 100 valence electrons. The van der Waals surface area contributed by atoms with Gasteiger partial charge in [-0.2, -0.15) is 0 Å². The number of ether oxygens (including phenoxy) is 1. The first-order valence-electron chi connectivity index (χ1n) is 7.00. The zero-order valence-corrected chi connectivity index (χ0v) is 11.6. The predicted octanol–water partition coefficient (Wildman–Crippen LogP) is 2.49. The second-order valence-corrected chi connectivity index (χ2v) is 5.14. The molecule has 1 aliphatic heterocycles. The summed E-state index contributed by atoms with van der Waals surface area (Å²) in [6.07, 6.45) is 5.75. The molecule has 1 heterocycles. The molecule has 0 N–H and O–H groups in total. The van der Waals surface area contributed by atoms with Crippen LogP contribution >= 0.6 is 0 Å². The summed E-state index contributed by atoms with van der Waals surface area (Å²) in [6.45, 7) is 10.1. The van der Waals surface area contributed by atoms with Gasteiger partial charge in [0.25, 0.3) is 0 Å². The number of likely N-dealkylation sites (tertiary alicyclic amines) is 1. The van der Waals surface area contributed by atoms with E-state index in [2.05, 4.69) is 18.7 Å². The summed E-state index contributed by atoms with van der Waals surface area (Å²) in [5.74, 6) is 0. The van der Waals surface area contributed by atoms with Gasteiger partial charge in [-0.3, -0.25) is 4.90 Å². The highest BCUT2D eigenvalue weighted by atomic mass is 16.5. The Morgan fingerprint density at radius 3 is 2.59 bits per heavy atom. The fraction of sp³-hybridized carbons (Fsp3) is 0.929. The van der Waals surface area contributed by atoms with E-state index in [1.807, 2.05) is 6.92 Å². The Morgan fingerprint density at radius 1 is 1.35 bits per heavy atom. The van der Waals surface area contributed by atoms with E-state index in [1.54, 1.807) is 0 Å². The smallest absolute Gasteiger partial charge is 0.127 e. The molecule has 1 aliphatic rings. The number of aldehydes is 1. The van der Waals surface area contributed by atoms with Crippen LogP contribution in [0.5, 0.6) is 0 Å². The summed E-state index contributed by atoms with van der Waals surface area (Å²) in [5.41, 5.74) is -0.145. The number of piperidine rings is 1. The van der Waals surface area contributed by atoms with Gasteiger partial charge in [0.05, 0.1) is 6.10 Å². The van der Waals surface area contributed by atoms with E-state index in [1.165, 1.54) is 6.42 Å². The molecule has 3 heteroatoms. The maximum atomic E-state index is 11.3. The molecule has 17 heavy (non-hydrogen) atoms. The first-order chi connectivity index (χ1) is 8.19. The molecule has 0 aliphatic carbocycles. The summed E-state index contributed by atoms with van der Waals surface area (Å²) in [6, 6.07) is 0. The lowest BCUT2D eigenvalue weighted by atomic mass is 9.83. The van der Waals surface area contributed by atoms with Crippen molar-refractivity contribution >= 4 is 6.29 Å². The Bertz CT molecular complexity index is 224. The van der Waals surface area contributed by atoms with Crippen LogP contribution in [-0.4, -0.2) is 43.5 Å². The van der Waals surface area contributed by atoms with Gasteiger partial charge in [0.1, 0.15) is 6.29 Å². The highest BCUT2D eigenvalue weighted by Gasteiger charge is 2.30. The maximum Gasteiger partial charge on any atom is 0.127 e. The highest BCUT2D eigenvalue weighted by Crippen LogP contribution is 2.26. The predicted molar refractivity (Wildman–Crippen MR) is 70.2 cm³/mol. The van der Waals surface area contributed by atoms with Gasteiger partial charge < -0.3 is 9.53 Å². The summed E-state index contributed by atoms with van der Waals surface area (Å²) in [7, 11) is 0. The van der Waals surface area contributed by atoms with Crippen molar-refractivity contribution in [3.8, 4) is 0 Å². The fourth-order valence-corrected chi connectivity index (χ4v) is 2.65. The van der Waals surface area contributed by atoms with Crippen LogP contribution in [0.1, 0.15) is 46.5 Å². The standard InChI is InChI=1S/C14H27NO2/c1-4-14(5-2,12-16)11-15-9-7-8-13(10-15)17-6-3/h12-13H,4-11H2,1-3H3. The lowest BCUT2D eigenvalue weighted by Crippen LogP contribution is -2.45. The summed E-state index contributed by atoms with van der Waals surface area (Å²) >= 11 is 0. The van der Waals surface area contributed by atoms with Crippen molar-refractivity contribution in [2.75, 3.05) is 26.2 Å². The topological polar surface area (TPSA) is 29.5 Å².